The van der Waals surface area contributed by atoms with Crippen LogP contribution in [0.25, 0.3) is 0 Å². The highest BCUT2D eigenvalue weighted by Crippen LogP contribution is 2.17. The summed E-state index contributed by atoms with van der Waals surface area (Å²) >= 11 is 1.10. The fourth-order valence-electron chi connectivity index (χ4n) is 1.54. The Balaban J connectivity index is 2.38. The van der Waals surface area contributed by atoms with Crippen LogP contribution >= 0.6 is 11.3 Å². The van der Waals surface area contributed by atoms with Gasteiger partial charge in [0, 0.05) is 18.5 Å². The van der Waals surface area contributed by atoms with Gasteiger partial charge in [0.25, 0.3) is 0 Å². The van der Waals surface area contributed by atoms with E-state index in [-0.39, 0.29) is 22.9 Å². The summed E-state index contributed by atoms with van der Waals surface area (Å²) in [7, 11) is 0. The van der Waals surface area contributed by atoms with E-state index in [1.165, 1.54) is 0 Å². The molecule has 1 aromatic heterocycles. The number of carbonyl (C=O) groups excluding carboxylic acids is 1. The van der Waals surface area contributed by atoms with Gasteiger partial charge in [-0.05, 0) is 27.7 Å². The Labute approximate surface area is 122 Å². The fraction of sp³-hybridized carbons (Fsp3) is 0.615. The molecule has 0 fully saturated rings. The van der Waals surface area contributed by atoms with Crippen LogP contribution in [0.4, 0.5) is 0 Å². The van der Waals surface area contributed by atoms with Gasteiger partial charge in [-0.2, -0.15) is 0 Å². The number of carboxylic acid groups (broad SMARTS) is 1. The van der Waals surface area contributed by atoms with Crippen molar-refractivity contribution in [3.63, 3.8) is 0 Å². The molecule has 0 bridgehead atoms. The Hall–Kier alpha value is -1.47. The summed E-state index contributed by atoms with van der Waals surface area (Å²) in [6, 6.07) is 0. The lowest BCUT2D eigenvalue weighted by Crippen LogP contribution is -2.38. The number of hydrogen-bond acceptors (Lipinski definition) is 5. The number of hydrogen-bond donors (Lipinski definition) is 3. The highest BCUT2D eigenvalue weighted by atomic mass is 32.1. The minimum absolute atomic E-state index is 0.0108. The van der Waals surface area contributed by atoms with Crippen molar-refractivity contribution in [2.75, 3.05) is 6.54 Å². The Kier molecular flexibility index (Phi) is 5.64. The molecule has 0 aliphatic carbocycles. The first-order chi connectivity index (χ1) is 9.19. The van der Waals surface area contributed by atoms with Gasteiger partial charge in [-0.1, -0.05) is 0 Å². The van der Waals surface area contributed by atoms with E-state index in [2.05, 4.69) is 15.6 Å². The van der Waals surface area contributed by atoms with Crippen molar-refractivity contribution >= 4 is 23.2 Å². The van der Waals surface area contributed by atoms with Crippen LogP contribution in [0.15, 0.2) is 0 Å². The minimum atomic E-state index is -0.980. The summed E-state index contributed by atoms with van der Waals surface area (Å²) < 4.78 is 0. The van der Waals surface area contributed by atoms with Crippen molar-refractivity contribution in [1.29, 1.82) is 0 Å². The monoisotopic (exact) mass is 299 g/mol. The third-order valence-corrected chi connectivity index (χ3v) is 3.62. The minimum Gasteiger partial charge on any atom is -0.477 e. The number of carbonyl (C=O) groups is 2. The zero-order valence-corrected chi connectivity index (χ0v) is 13.1. The number of rotatable bonds is 6. The second kappa shape index (κ2) is 6.81. The molecule has 7 heteroatoms. The molecule has 0 unspecified atom stereocenters. The molecule has 1 rings (SSSR count). The molecule has 0 radical (unpaired) electrons. The van der Waals surface area contributed by atoms with Crippen LogP contribution in [0.3, 0.4) is 0 Å². The van der Waals surface area contributed by atoms with Gasteiger partial charge in [0.2, 0.25) is 5.91 Å². The first-order valence-electron chi connectivity index (χ1n) is 6.40. The van der Waals surface area contributed by atoms with Crippen LogP contribution in [-0.4, -0.2) is 34.1 Å². The van der Waals surface area contributed by atoms with E-state index in [9.17, 15) is 9.59 Å². The Morgan fingerprint density at radius 2 is 2.00 bits per heavy atom. The average Bonchev–Trinajstić information content (AvgIpc) is 2.66. The molecule has 20 heavy (non-hydrogen) atoms. The van der Waals surface area contributed by atoms with E-state index < -0.39 is 5.97 Å². The second-order valence-corrected chi connectivity index (χ2v) is 6.61. The lowest BCUT2D eigenvalue weighted by molar-refractivity contribution is -0.121. The topological polar surface area (TPSA) is 91.3 Å². The van der Waals surface area contributed by atoms with Gasteiger partial charge < -0.3 is 15.7 Å². The summed E-state index contributed by atoms with van der Waals surface area (Å²) in [5, 5.41) is 15.5. The number of thiazole rings is 1. The molecule has 6 nitrogen and oxygen atoms in total. The smallest absolute Gasteiger partial charge is 0.347 e. The van der Waals surface area contributed by atoms with E-state index in [1.807, 2.05) is 20.8 Å². The van der Waals surface area contributed by atoms with Crippen LogP contribution < -0.4 is 10.6 Å². The number of nitrogens with zero attached hydrogens (tertiary/aromatic N) is 1. The molecular weight excluding hydrogens is 278 g/mol. The van der Waals surface area contributed by atoms with Gasteiger partial charge in [0.1, 0.15) is 9.88 Å². The molecule has 1 aromatic rings. The van der Waals surface area contributed by atoms with E-state index in [0.717, 1.165) is 11.3 Å². The maximum absolute atomic E-state index is 11.6. The highest BCUT2D eigenvalue weighted by molar-refractivity contribution is 7.13. The molecule has 0 atom stereocenters. The SMILES string of the molecule is Cc1nc(CNC(=O)CCNC(C)(C)C)sc1C(=O)O. The van der Waals surface area contributed by atoms with E-state index in [4.69, 9.17) is 5.11 Å². The quantitative estimate of drug-likeness (QED) is 0.741. The number of carboxylic acids is 1. The van der Waals surface area contributed by atoms with Crippen LogP contribution in [0.1, 0.15) is 47.6 Å². The van der Waals surface area contributed by atoms with Gasteiger partial charge in [-0.25, -0.2) is 9.78 Å². The summed E-state index contributed by atoms with van der Waals surface area (Å²) in [4.78, 5) is 26.9. The third kappa shape index (κ3) is 5.66. The Bertz CT molecular complexity index is 492. The molecule has 1 heterocycles. The van der Waals surface area contributed by atoms with Crippen LogP contribution in [-0.2, 0) is 11.3 Å². The maximum Gasteiger partial charge on any atom is 0.347 e. The van der Waals surface area contributed by atoms with Gasteiger partial charge in [-0.15, -0.1) is 11.3 Å². The fourth-order valence-corrected chi connectivity index (χ4v) is 2.38. The zero-order valence-electron chi connectivity index (χ0n) is 12.2. The molecule has 0 spiro atoms. The van der Waals surface area contributed by atoms with Crippen LogP contribution in [0.2, 0.25) is 0 Å². The van der Waals surface area contributed by atoms with Gasteiger partial charge in [-0.3, -0.25) is 4.79 Å². The van der Waals surface area contributed by atoms with Gasteiger partial charge >= 0.3 is 5.97 Å². The second-order valence-electron chi connectivity index (χ2n) is 5.53. The zero-order chi connectivity index (χ0) is 15.3. The standard InChI is InChI=1S/C13H21N3O3S/c1-8-11(12(18)19)20-10(16-8)7-14-9(17)5-6-15-13(2,3)4/h15H,5-7H2,1-4H3,(H,14,17)(H,18,19). The molecule has 112 valence electrons. The number of aryl methyl sites for hydroxylation is 1. The van der Waals surface area contributed by atoms with E-state index in [1.54, 1.807) is 6.92 Å². The average molecular weight is 299 g/mol. The summed E-state index contributed by atoms with van der Waals surface area (Å²) in [6.45, 7) is 8.64. The van der Waals surface area contributed by atoms with Crippen molar-refractivity contribution in [1.82, 2.24) is 15.6 Å². The predicted molar refractivity (Wildman–Crippen MR) is 78.0 cm³/mol. The number of aromatic carboxylic acids is 1. The first-order valence-corrected chi connectivity index (χ1v) is 7.22. The molecule has 0 aromatic carbocycles. The van der Waals surface area contributed by atoms with Crippen molar-refractivity contribution in [2.24, 2.45) is 0 Å². The van der Waals surface area contributed by atoms with Gasteiger partial charge in [0.15, 0.2) is 0 Å². The van der Waals surface area contributed by atoms with Crippen LogP contribution in [0.5, 0.6) is 0 Å². The number of amides is 1. The van der Waals surface area contributed by atoms with Gasteiger partial charge in [0.05, 0.1) is 12.2 Å². The highest BCUT2D eigenvalue weighted by Gasteiger charge is 2.14. The normalized spacial score (nSPS) is 11.4. The molecular formula is C13H21N3O3S. The third-order valence-electron chi connectivity index (χ3n) is 2.48. The Morgan fingerprint density at radius 1 is 1.35 bits per heavy atom. The maximum atomic E-state index is 11.6. The Morgan fingerprint density at radius 3 is 2.50 bits per heavy atom. The molecule has 0 saturated heterocycles. The van der Waals surface area contributed by atoms with Crippen molar-refractivity contribution in [3.8, 4) is 0 Å². The van der Waals surface area contributed by atoms with Crippen molar-refractivity contribution in [3.05, 3.63) is 15.6 Å². The van der Waals surface area contributed by atoms with Crippen molar-refractivity contribution in [2.45, 2.75) is 46.2 Å². The van der Waals surface area contributed by atoms with Crippen LogP contribution in [0, 0.1) is 6.92 Å². The van der Waals surface area contributed by atoms with Crippen molar-refractivity contribution < 1.29 is 14.7 Å². The molecule has 1 amide bonds. The lowest BCUT2D eigenvalue weighted by Gasteiger charge is -2.20. The molecule has 3 N–H and O–H groups in total. The molecule has 0 aliphatic rings. The largest absolute Gasteiger partial charge is 0.477 e. The van der Waals surface area contributed by atoms with E-state index in [0.29, 0.717) is 23.7 Å². The van der Waals surface area contributed by atoms with E-state index >= 15 is 0 Å². The first kappa shape index (κ1) is 16.6. The molecule has 0 aliphatic heterocycles. The predicted octanol–water partition coefficient (Wildman–Crippen LogP) is 1.54. The molecule has 0 saturated carbocycles. The number of nitrogens with one attached hydrogen (secondary N) is 2. The summed E-state index contributed by atoms with van der Waals surface area (Å²) in [5.41, 5.74) is 0.476. The number of aromatic nitrogens is 1. The summed E-state index contributed by atoms with van der Waals surface area (Å²) in [6.07, 6.45) is 0.382. The lowest BCUT2D eigenvalue weighted by atomic mass is 10.1. The summed E-state index contributed by atoms with van der Waals surface area (Å²) in [5.74, 6) is -1.06.